The lowest BCUT2D eigenvalue weighted by Crippen LogP contribution is -2.42. The van der Waals surface area contributed by atoms with Crippen molar-refractivity contribution in [3.05, 3.63) is 96.1 Å². The molecule has 154 valence electrons. The van der Waals surface area contributed by atoms with Gasteiger partial charge >= 0.3 is 5.97 Å². The van der Waals surface area contributed by atoms with Gasteiger partial charge in [0.2, 0.25) is 0 Å². The smallest absolute Gasteiger partial charge is 0.307 e. The number of cyclic esters (lactones) is 1. The number of hydrogen-bond donors (Lipinski definition) is 0. The fourth-order valence-electron chi connectivity index (χ4n) is 3.97. The third-order valence-electron chi connectivity index (χ3n) is 5.44. The quantitative estimate of drug-likeness (QED) is 0.573. The molecule has 4 rings (SSSR count). The van der Waals surface area contributed by atoms with Crippen LogP contribution in [0.5, 0.6) is 5.75 Å². The van der Waals surface area contributed by atoms with Crippen molar-refractivity contribution in [1.82, 2.24) is 0 Å². The maximum absolute atomic E-state index is 13.8. The van der Waals surface area contributed by atoms with Crippen LogP contribution in [-0.4, -0.2) is 26.7 Å². The van der Waals surface area contributed by atoms with Crippen LogP contribution in [0.1, 0.15) is 29.6 Å². The minimum absolute atomic E-state index is 0.00755. The Kier molecular flexibility index (Phi) is 5.59. The lowest BCUT2D eigenvalue weighted by Gasteiger charge is -2.37. The van der Waals surface area contributed by atoms with Gasteiger partial charge in [0.05, 0.1) is 18.4 Å². The first-order valence-corrected chi connectivity index (χ1v) is 11.2. The van der Waals surface area contributed by atoms with E-state index < -0.39 is 33.1 Å². The average Bonchev–Trinajstić information content (AvgIpc) is 2.79. The topological polar surface area (TPSA) is 69.7 Å². The molecule has 0 aliphatic carbocycles. The van der Waals surface area contributed by atoms with Crippen molar-refractivity contribution < 1.29 is 22.7 Å². The van der Waals surface area contributed by atoms with E-state index >= 15 is 0 Å². The van der Waals surface area contributed by atoms with Gasteiger partial charge in [-0.1, -0.05) is 60.7 Å². The SMILES string of the molecule is COc1ccc([C@@H]2CC(=O)O[C@@H](c3ccccc3)[C@H]2S(=O)(=O)c2ccccc2)cc1. The molecule has 0 saturated carbocycles. The molecular weight excluding hydrogens is 400 g/mol. The van der Waals surface area contributed by atoms with Crippen LogP contribution in [0.15, 0.2) is 89.8 Å². The predicted molar refractivity (Wildman–Crippen MR) is 113 cm³/mol. The van der Waals surface area contributed by atoms with Gasteiger partial charge in [0.15, 0.2) is 9.84 Å². The van der Waals surface area contributed by atoms with E-state index in [1.807, 2.05) is 30.3 Å². The van der Waals surface area contributed by atoms with Gasteiger partial charge in [-0.2, -0.15) is 0 Å². The van der Waals surface area contributed by atoms with Crippen LogP contribution in [0.3, 0.4) is 0 Å². The van der Waals surface area contributed by atoms with Crippen LogP contribution in [0, 0.1) is 0 Å². The molecule has 1 aliphatic heterocycles. The van der Waals surface area contributed by atoms with Crippen LogP contribution in [-0.2, 0) is 19.4 Å². The average molecular weight is 423 g/mol. The molecular formula is C24H22O5S. The highest BCUT2D eigenvalue weighted by molar-refractivity contribution is 7.92. The minimum atomic E-state index is -3.80. The monoisotopic (exact) mass is 422 g/mol. The number of sulfone groups is 1. The number of benzene rings is 3. The van der Waals surface area contributed by atoms with E-state index in [1.165, 1.54) is 0 Å². The standard InChI is InChI=1S/C24H22O5S/c1-28-19-14-12-17(13-15-19)21-16-22(25)29-23(18-8-4-2-5-9-18)24(21)30(26,27)20-10-6-3-7-11-20/h2-15,21,23-24H,16H2,1H3/t21-,23-,24-/m0/s1. The van der Waals surface area contributed by atoms with E-state index in [4.69, 9.17) is 9.47 Å². The number of esters is 1. The van der Waals surface area contributed by atoms with Crippen molar-refractivity contribution in [2.24, 2.45) is 0 Å². The van der Waals surface area contributed by atoms with Gasteiger partial charge in [-0.05, 0) is 35.4 Å². The third-order valence-corrected chi connectivity index (χ3v) is 7.66. The van der Waals surface area contributed by atoms with Gasteiger partial charge in [-0.3, -0.25) is 4.79 Å². The number of rotatable bonds is 5. The molecule has 6 heteroatoms. The summed E-state index contributed by atoms with van der Waals surface area (Å²) in [6, 6.07) is 24.6. The van der Waals surface area contributed by atoms with Crippen molar-refractivity contribution in [2.75, 3.05) is 7.11 Å². The number of methoxy groups -OCH3 is 1. The van der Waals surface area contributed by atoms with Crippen LogP contribution >= 0.6 is 0 Å². The van der Waals surface area contributed by atoms with Crippen molar-refractivity contribution in [2.45, 2.75) is 28.6 Å². The Morgan fingerprint density at radius 1 is 0.833 bits per heavy atom. The second-order valence-electron chi connectivity index (χ2n) is 7.23. The fraction of sp³-hybridized carbons (Fsp3) is 0.208. The maximum Gasteiger partial charge on any atom is 0.307 e. The molecule has 0 unspecified atom stereocenters. The highest BCUT2D eigenvalue weighted by Crippen LogP contribution is 2.44. The Morgan fingerprint density at radius 2 is 1.43 bits per heavy atom. The van der Waals surface area contributed by atoms with E-state index in [0.717, 1.165) is 5.56 Å². The Hall–Kier alpha value is -3.12. The lowest BCUT2D eigenvalue weighted by atomic mass is 9.85. The second kappa shape index (κ2) is 8.32. The Labute approximate surface area is 176 Å². The summed E-state index contributed by atoms with van der Waals surface area (Å²) in [6.45, 7) is 0. The molecule has 0 radical (unpaired) electrons. The summed E-state index contributed by atoms with van der Waals surface area (Å²) in [6.07, 6.45) is -0.906. The van der Waals surface area contributed by atoms with Crippen LogP contribution in [0.25, 0.3) is 0 Å². The van der Waals surface area contributed by atoms with Gasteiger partial charge in [0.25, 0.3) is 0 Å². The van der Waals surface area contributed by atoms with Crippen molar-refractivity contribution in [3.63, 3.8) is 0 Å². The van der Waals surface area contributed by atoms with Crippen molar-refractivity contribution in [1.29, 1.82) is 0 Å². The number of carbonyl (C=O) groups is 1. The summed E-state index contributed by atoms with van der Waals surface area (Å²) in [4.78, 5) is 12.7. The molecule has 0 spiro atoms. The first-order chi connectivity index (χ1) is 14.5. The normalized spacial score (nSPS) is 21.6. The summed E-state index contributed by atoms with van der Waals surface area (Å²) in [7, 11) is -2.23. The van der Waals surface area contributed by atoms with Crippen LogP contribution < -0.4 is 4.74 Å². The zero-order chi connectivity index (χ0) is 21.1. The molecule has 3 atom stereocenters. The van der Waals surface area contributed by atoms with Crippen molar-refractivity contribution >= 4 is 15.8 Å². The Balaban J connectivity index is 1.87. The van der Waals surface area contributed by atoms with E-state index in [-0.39, 0.29) is 11.3 Å². The summed E-state index contributed by atoms with van der Waals surface area (Å²) >= 11 is 0. The first kappa shape index (κ1) is 20.2. The third kappa shape index (κ3) is 3.83. The molecule has 0 bridgehead atoms. The molecule has 0 amide bonds. The zero-order valence-corrected chi connectivity index (χ0v) is 17.3. The molecule has 0 N–H and O–H groups in total. The maximum atomic E-state index is 13.8. The molecule has 1 fully saturated rings. The van der Waals surface area contributed by atoms with Crippen LogP contribution in [0.2, 0.25) is 0 Å². The van der Waals surface area contributed by atoms with Crippen molar-refractivity contribution in [3.8, 4) is 5.75 Å². The number of carbonyl (C=O) groups excluding carboxylic acids is 1. The lowest BCUT2D eigenvalue weighted by molar-refractivity contribution is -0.154. The van der Waals surface area contributed by atoms with Gasteiger partial charge in [-0.25, -0.2) is 8.42 Å². The van der Waals surface area contributed by atoms with Gasteiger partial charge < -0.3 is 9.47 Å². The second-order valence-corrected chi connectivity index (χ2v) is 9.33. The molecule has 1 heterocycles. The van der Waals surface area contributed by atoms with E-state index in [1.54, 1.807) is 61.7 Å². The summed E-state index contributed by atoms with van der Waals surface area (Å²) in [5.41, 5.74) is 1.42. The summed E-state index contributed by atoms with van der Waals surface area (Å²) in [5, 5.41) is -0.951. The molecule has 1 aliphatic rings. The largest absolute Gasteiger partial charge is 0.497 e. The fourth-order valence-corrected chi connectivity index (χ4v) is 6.04. The number of ether oxygens (including phenoxy) is 2. The van der Waals surface area contributed by atoms with Gasteiger partial charge in [0.1, 0.15) is 17.1 Å². The van der Waals surface area contributed by atoms with Gasteiger partial charge in [-0.15, -0.1) is 0 Å². The molecule has 3 aromatic rings. The number of hydrogen-bond acceptors (Lipinski definition) is 5. The molecule has 0 aromatic heterocycles. The highest BCUT2D eigenvalue weighted by Gasteiger charge is 2.48. The molecule has 3 aromatic carbocycles. The summed E-state index contributed by atoms with van der Waals surface area (Å²) < 4.78 is 38.4. The minimum Gasteiger partial charge on any atom is -0.497 e. The van der Waals surface area contributed by atoms with Crippen LogP contribution in [0.4, 0.5) is 0 Å². The Bertz CT molecular complexity index is 1110. The first-order valence-electron chi connectivity index (χ1n) is 9.68. The molecule has 5 nitrogen and oxygen atoms in total. The molecule has 30 heavy (non-hydrogen) atoms. The summed E-state index contributed by atoms with van der Waals surface area (Å²) in [5.74, 6) is -0.295. The Morgan fingerprint density at radius 3 is 2.03 bits per heavy atom. The zero-order valence-electron chi connectivity index (χ0n) is 16.5. The van der Waals surface area contributed by atoms with Gasteiger partial charge in [0, 0.05) is 5.92 Å². The molecule has 1 saturated heterocycles. The highest BCUT2D eigenvalue weighted by atomic mass is 32.2. The van der Waals surface area contributed by atoms with E-state index in [2.05, 4.69) is 0 Å². The predicted octanol–water partition coefficient (Wildman–Crippen LogP) is 4.31. The van der Waals surface area contributed by atoms with E-state index in [9.17, 15) is 13.2 Å². The van der Waals surface area contributed by atoms with E-state index in [0.29, 0.717) is 11.3 Å².